The van der Waals surface area contributed by atoms with Crippen molar-refractivity contribution in [2.45, 2.75) is 25.0 Å². The highest BCUT2D eigenvalue weighted by atomic mass is 16.3. The number of carbonyl (C=O) groups excluding carboxylic acids is 1. The fourth-order valence-corrected chi connectivity index (χ4v) is 2.91. The monoisotopic (exact) mass is 296 g/mol. The lowest BCUT2D eigenvalue weighted by Crippen LogP contribution is -2.41. The van der Waals surface area contributed by atoms with Gasteiger partial charge in [-0.15, -0.1) is 0 Å². The van der Waals surface area contributed by atoms with Crippen LogP contribution in [-0.2, 0) is 12.8 Å². The van der Waals surface area contributed by atoms with Gasteiger partial charge in [0.25, 0.3) is 0 Å². The van der Waals surface area contributed by atoms with Crippen LogP contribution in [0.4, 0.5) is 4.79 Å². The van der Waals surface area contributed by atoms with Crippen molar-refractivity contribution in [3.8, 4) is 0 Å². The van der Waals surface area contributed by atoms with Crippen LogP contribution in [0.25, 0.3) is 0 Å². The van der Waals surface area contributed by atoms with Gasteiger partial charge >= 0.3 is 6.03 Å². The third-order valence-electron chi connectivity index (χ3n) is 4.03. The SMILES string of the molecule is O=C(NCCc1ccccc1)N[C@H]1c2ccccc2C[C@H]1O. The Bertz CT molecular complexity index is 643. The fourth-order valence-electron chi connectivity index (χ4n) is 2.91. The van der Waals surface area contributed by atoms with Gasteiger partial charge in [0.1, 0.15) is 0 Å². The number of hydrogen-bond acceptors (Lipinski definition) is 2. The van der Waals surface area contributed by atoms with Crippen LogP contribution in [0, 0.1) is 0 Å². The number of hydrogen-bond donors (Lipinski definition) is 3. The summed E-state index contributed by atoms with van der Waals surface area (Å²) in [5.74, 6) is 0. The fraction of sp³-hybridized carbons (Fsp3) is 0.278. The van der Waals surface area contributed by atoms with Crippen molar-refractivity contribution < 1.29 is 9.90 Å². The van der Waals surface area contributed by atoms with E-state index in [2.05, 4.69) is 10.6 Å². The summed E-state index contributed by atoms with van der Waals surface area (Å²) in [6.45, 7) is 0.570. The average Bonchev–Trinajstić information content (AvgIpc) is 2.84. The van der Waals surface area contributed by atoms with E-state index in [1.807, 2.05) is 54.6 Å². The van der Waals surface area contributed by atoms with Gasteiger partial charge in [-0.25, -0.2) is 4.79 Å². The Hall–Kier alpha value is -2.33. The van der Waals surface area contributed by atoms with Crippen LogP contribution in [-0.4, -0.2) is 23.8 Å². The summed E-state index contributed by atoms with van der Waals surface area (Å²) in [4.78, 5) is 12.0. The number of amides is 2. The Morgan fingerprint density at radius 1 is 1.09 bits per heavy atom. The standard InChI is InChI=1S/C18H20N2O2/c21-16-12-14-8-4-5-9-15(14)17(16)20-18(22)19-11-10-13-6-2-1-3-7-13/h1-9,16-17,21H,10-12H2,(H2,19,20,22)/t16-,17+/m1/s1. The van der Waals surface area contributed by atoms with Gasteiger partial charge in [0.15, 0.2) is 0 Å². The molecule has 0 spiro atoms. The van der Waals surface area contributed by atoms with Gasteiger partial charge in [-0.05, 0) is 23.1 Å². The van der Waals surface area contributed by atoms with Crippen LogP contribution in [0.1, 0.15) is 22.7 Å². The summed E-state index contributed by atoms with van der Waals surface area (Å²) in [6.07, 6.45) is 0.820. The summed E-state index contributed by atoms with van der Waals surface area (Å²) in [6, 6.07) is 17.3. The van der Waals surface area contributed by atoms with E-state index in [1.54, 1.807) is 0 Å². The number of benzene rings is 2. The first kappa shape index (κ1) is 14.6. The first-order valence-corrected chi connectivity index (χ1v) is 7.58. The van der Waals surface area contributed by atoms with Crippen LogP contribution >= 0.6 is 0 Å². The van der Waals surface area contributed by atoms with E-state index >= 15 is 0 Å². The molecule has 3 N–H and O–H groups in total. The first-order chi connectivity index (χ1) is 10.7. The third kappa shape index (κ3) is 3.28. The number of aliphatic hydroxyl groups excluding tert-OH is 1. The van der Waals surface area contributed by atoms with Gasteiger partial charge in [-0.2, -0.15) is 0 Å². The van der Waals surface area contributed by atoms with Crippen molar-refractivity contribution in [3.63, 3.8) is 0 Å². The van der Waals surface area contributed by atoms with Gasteiger partial charge in [0.05, 0.1) is 12.1 Å². The third-order valence-corrected chi connectivity index (χ3v) is 4.03. The predicted molar refractivity (Wildman–Crippen MR) is 85.6 cm³/mol. The molecule has 0 saturated heterocycles. The number of aliphatic hydroxyl groups is 1. The summed E-state index contributed by atoms with van der Waals surface area (Å²) < 4.78 is 0. The molecule has 1 aliphatic rings. The molecular formula is C18H20N2O2. The van der Waals surface area contributed by atoms with Gasteiger partial charge < -0.3 is 15.7 Å². The normalized spacial score (nSPS) is 19.5. The Labute approximate surface area is 130 Å². The van der Waals surface area contributed by atoms with E-state index in [1.165, 1.54) is 5.56 Å². The molecule has 3 rings (SSSR count). The largest absolute Gasteiger partial charge is 0.390 e. The number of carbonyl (C=O) groups is 1. The minimum atomic E-state index is -0.558. The summed E-state index contributed by atoms with van der Waals surface area (Å²) >= 11 is 0. The van der Waals surface area contributed by atoms with E-state index in [-0.39, 0.29) is 12.1 Å². The summed E-state index contributed by atoms with van der Waals surface area (Å²) in [7, 11) is 0. The summed E-state index contributed by atoms with van der Waals surface area (Å²) in [5, 5.41) is 15.8. The lowest BCUT2D eigenvalue weighted by Gasteiger charge is -2.18. The number of nitrogens with one attached hydrogen (secondary N) is 2. The zero-order chi connectivity index (χ0) is 15.4. The van der Waals surface area contributed by atoms with Crippen molar-refractivity contribution >= 4 is 6.03 Å². The minimum absolute atomic E-state index is 0.239. The second-order valence-electron chi connectivity index (χ2n) is 5.58. The van der Waals surface area contributed by atoms with Gasteiger partial charge in [0.2, 0.25) is 0 Å². The Kier molecular flexibility index (Phi) is 4.39. The summed E-state index contributed by atoms with van der Waals surface area (Å²) in [5.41, 5.74) is 3.30. The zero-order valence-electron chi connectivity index (χ0n) is 12.3. The van der Waals surface area contributed by atoms with Gasteiger partial charge in [-0.1, -0.05) is 54.6 Å². The Morgan fingerprint density at radius 2 is 1.82 bits per heavy atom. The van der Waals surface area contributed by atoms with E-state index in [0.717, 1.165) is 17.5 Å². The number of urea groups is 1. The van der Waals surface area contributed by atoms with E-state index in [4.69, 9.17) is 0 Å². The van der Waals surface area contributed by atoms with Crippen molar-refractivity contribution in [3.05, 3.63) is 71.3 Å². The first-order valence-electron chi connectivity index (χ1n) is 7.58. The molecule has 0 fully saturated rings. The van der Waals surface area contributed by atoms with Gasteiger partial charge in [-0.3, -0.25) is 0 Å². The molecule has 4 nitrogen and oxygen atoms in total. The predicted octanol–water partition coefficient (Wildman–Crippen LogP) is 2.19. The second-order valence-corrected chi connectivity index (χ2v) is 5.58. The van der Waals surface area contributed by atoms with Crippen LogP contribution in [0.15, 0.2) is 54.6 Å². The number of fused-ring (bicyclic) bond motifs is 1. The lowest BCUT2D eigenvalue weighted by atomic mass is 10.1. The van der Waals surface area contributed by atoms with Crippen LogP contribution in [0.3, 0.4) is 0 Å². The molecule has 2 atom stereocenters. The lowest BCUT2D eigenvalue weighted by molar-refractivity contribution is 0.142. The minimum Gasteiger partial charge on any atom is -0.390 e. The maximum atomic E-state index is 12.0. The molecule has 2 amide bonds. The van der Waals surface area contributed by atoms with E-state index < -0.39 is 6.10 Å². The molecule has 2 aromatic rings. The highest BCUT2D eigenvalue weighted by molar-refractivity contribution is 5.74. The molecule has 1 aliphatic carbocycles. The topological polar surface area (TPSA) is 61.4 Å². The molecule has 0 heterocycles. The molecule has 0 bridgehead atoms. The molecule has 0 aliphatic heterocycles. The van der Waals surface area contributed by atoms with E-state index in [0.29, 0.717) is 13.0 Å². The zero-order valence-corrected chi connectivity index (χ0v) is 12.3. The smallest absolute Gasteiger partial charge is 0.315 e. The number of rotatable bonds is 4. The van der Waals surface area contributed by atoms with Crippen molar-refractivity contribution in [1.29, 1.82) is 0 Å². The molecular weight excluding hydrogens is 276 g/mol. The molecule has 22 heavy (non-hydrogen) atoms. The molecule has 0 saturated carbocycles. The van der Waals surface area contributed by atoms with Crippen LogP contribution < -0.4 is 10.6 Å². The molecule has 0 radical (unpaired) electrons. The van der Waals surface area contributed by atoms with Gasteiger partial charge in [0, 0.05) is 13.0 Å². The van der Waals surface area contributed by atoms with Crippen LogP contribution in [0.2, 0.25) is 0 Å². The maximum Gasteiger partial charge on any atom is 0.315 e. The Balaban J connectivity index is 1.52. The van der Waals surface area contributed by atoms with Crippen LogP contribution in [0.5, 0.6) is 0 Å². The molecule has 0 aromatic heterocycles. The Morgan fingerprint density at radius 3 is 2.64 bits per heavy atom. The average molecular weight is 296 g/mol. The molecule has 114 valence electrons. The highest BCUT2D eigenvalue weighted by Crippen LogP contribution is 2.30. The van der Waals surface area contributed by atoms with Crippen molar-refractivity contribution in [1.82, 2.24) is 10.6 Å². The molecule has 4 heteroatoms. The molecule has 0 unspecified atom stereocenters. The second kappa shape index (κ2) is 6.62. The molecule has 2 aromatic carbocycles. The van der Waals surface area contributed by atoms with Crippen molar-refractivity contribution in [2.75, 3.05) is 6.54 Å². The van der Waals surface area contributed by atoms with Crippen molar-refractivity contribution in [2.24, 2.45) is 0 Å². The highest BCUT2D eigenvalue weighted by Gasteiger charge is 2.31. The van der Waals surface area contributed by atoms with E-state index in [9.17, 15) is 9.90 Å². The quantitative estimate of drug-likeness (QED) is 0.810. The maximum absolute atomic E-state index is 12.0.